The topological polar surface area (TPSA) is 78.0 Å². The van der Waals surface area contributed by atoms with E-state index in [1.165, 1.54) is 24.3 Å². The molecule has 3 rings (SSSR count). The van der Waals surface area contributed by atoms with Crippen LogP contribution in [0.1, 0.15) is 12.2 Å². The van der Waals surface area contributed by atoms with Crippen LogP contribution in [-0.4, -0.2) is 14.5 Å². The third-order valence-electron chi connectivity index (χ3n) is 3.31. The second kappa shape index (κ2) is 4.72. The van der Waals surface area contributed by atoms with Gasteiger partial charge < -0.3 is 0 Å². The number of aromatic nitrogens is 2. The first-order valence-electron chi connectivity index (χ1n) is 6.11. The Balaban J connectivity index is 2.19. The number of nitrogens with zero attached hydrogens (tertiary/aromatic N) is 3. The van der Waals surface area contributed by atoms with Crippen molar-refractivity contribution in [2.45, 2.75) is 19.4 Å². The standard InChI is InChI=1S/C13H10ClN3O3/c14-10-4-3-8(17(19)20)6-9(10)11-7-13(18)16-5-1-2-12(16)15-11/h3-4,6-7H,1-2,5H2. The molecule has 7 heteroatoms. The molecule has 20 heavy (non-hydrogen) atoms. The highest BCUT2D eigenvalue weighted by Crippen LogP contribution is 2.30. The molecule has 0 aliphatic carbocycles. The van der Waals surface area contributed by atoms with E-state index in [2.05, 4.69) is 4.98 Å². The highest BCUT2D eigenvalue weighted by atomic mass is 35.5. The molecule has 6 nitrogen and oxygen atoms in total. The van der Waals surface area contributed by atoms with Gasteiger partial charge in [0.25, 0.3) is 11.2 Å². The van der Waals surface area contributed by atoms with Gasteiger partial charge in [-0.15, -0.1) is 0 Å². The zero-order valence-electron chi connectivity index (χ0n) is 10.4. The molecule has 0 radical (unpaired) electrons. The monoisotopic (exact) mass is 291 g/mol. The summed E-state index contributed by atoms with van der Waals surface area (Å²) in [6, 6.07) is 5.49. The molecule has 2 heterocycles. The number of nitro benzene ring substituents is 1. The fourth-order valence-corrected chi connectivity index (χ4v) is 2.55. The quantitative estimate of drug-likeness (QED) is 0.629. The van der Waals surface area contributed by atoms with E-state index in [9.17, 15) is 14.9 Å². The van der Waals surface area contributed by atoms with Crippen molar-refractivity contribution < 1.29 is 4.92 Å². The molecule has 0 spiro atoms. The van der Waals surface area contributed by atoms with Gasteiger partial charge in [-0.05, 0) is 12.5 Å². The summed E-state index contributed by atoms with van der Waals surface area (Å²) in [7, 11) is 0. The third kappa shape index (κ3) is 2.08. The summed E-state index contributed by atoms with van der Waals surface area (Å²) >= 11 is 6.07. The number of nitro groups is 1. The molecular weight excluding hydrogens is 282 g/mol. The summed E-state index contributed by atoms with van der Waals surface area (Å²) in [5.41, 5.74) is 0.571. The lowest BCUT2D eigenvalue weighted by Crippen LogP contribution is -2.20. The van der Waals surface area contributed by atoms with Gasteiger partial charge in [-0.25, -0.2) is 4.98 Å². The van der Waals surface area contributed by atoms with Gasteiger partial charge in [0.15, 0.2) is 0 Å². The molecule has 2 aromatic rings. The van der Waals surface area contributed by atoms with E-state index >= 15 is 0 Å². The van der Waals surface area contributed by atoms with E-state index < -0.39 is 4.92 Å². The lowest BCUT2D eigenvalue weighted by molar-refractivity contribution is -0.384. The summed E-state index contributed by atoms with van der Waals surface area (Å²) in [6.45, 7) is 0.671. The molecular formula is C13H10ClN3O3. The Morgan fingerprint density at radius 3 is 2.90 bits per heavy atom. The molecule has 0 bridgehead atoms. The average Bonchev–Trinajstić information content (AvgIpc) is 2.87. The maximum absolute atomic E-state index is 12.0. The summed E-state index contributed by atoms with van der Waals surface area (Å²) < 4.78 is 1.62. The van der Waals surface area contributed by atoms with E-state index in [1.54, 1.807) is 4.57 Å². The van der Waals surface area contributed by atoms with Crippen LogP contribution in [0.2, 0.25) is 5.02 Å². The molecule has 1 aromatic carbocycles. The number of halogens is 1. The number of hydrogen-bond donors (Lipinski definition) is 0. The van der Waals surface area contributed by atoms with Gasteiger partial charge in [0.1, 0.15) is 5.82 Å². The van der Waals surface area contributed by atoms with Crippen molar-refractivity contribution in [3.05, 3.63) is 55.6 Å². The fourth-order valence-electron chi connectivity index (χ4n) is 2.34. The fraction of sp³-hybridized carbons (Fsp3) is 0.231. The van der Waals surface area contributed by atoms with E-state index in [4.69, 9.17) is 11.6 Å². The molecule has 0 N–H and O–H groups in total. The van der Waals surface area contributed by atoms with Crippen molar-refractivity contribution >= 4 is 17.3 Å². The number of fused-ring (bicyclic) bond motifs is 1. The van der Waals surface area contributed by atoms with Crippen molar-refractivity contribution in [3.63, 3.8) is 0 Å². The van der Waals surface area contributed by atoms with Crippen LogP contribution in [-0.2, 0) is 13.0 Å². The van der Waals surface area contributed by atoms with Crippen LogP contribution in [0.3, 0.4) is 0 Å². The predicted molar refractivity (Wildman–Crippen MR) is 73.9 cm³/mol. The largest absolute Gasteiger partial charge is 0.297 e. The Labute approximate surface area is 118 Å². The van der Waals surface area contributed by atoms with Crippen molar-refractivity contribution in [2.24, 2.45) is 0 Å². The maximum Gasteiger partial charge on any atom is 0.270 e. The second-order valence-corrected chi connectivity index (χ2v) is 4.98. The van der Waals surface area contributed by atoms with Crippen LogP contribution >= 0.6 is 11.6 Å². The normalized spacial score (nSPS) is 13.2. The van der Waals surface area contributed by atoms with Crippen molar-refractivity contribution in [1.82, 2.24) is 9.55 Å². The first-order valence-corrected chi connectivity index (χ1v) is 6.49. The first-order chi connectivity index (χ1) is 9.56. The number of aryl methyl sites for hydroxylation is 1. The van der Waals surface area contributed by atoms with Crippen LogP contribution in [0.5, 0.6) is 0 Å². The molecule has 1 aliphatic heterocycles. The Morgan fingerprint density at radius 1 is 1.35 bits per heavy atom. The van der Waals surface area contributed by atoms with Crippen molar-refractivity contribution in [2.75, 3.05) is 0 Å². The summed E-state index contributed by atoms with van der Waals surface area (Å²) in [5, 5.41) is 11.2. The van der Waals surface area contributed by atoms with Gasteiger partial charge in [0.2, 0.25) is 0 Å². The van der Waals surface area contributed by atoms with Gasteiger partial charge >= 0.3 is 0 Å². The minimum Gasteiger partial charge on any atom is -0.297 e. The Hall–Kier alpha value is -2.21. The number of rotatable bonds is 2. The number of hydrogen-bond acceptors (Lipinski definition) is 4. The average molecular weight is 292 g/mol. The predicted octanol–water partition coefficient (Wildman–Crippen LogP) is 2.42. The van der Waals surface area contributed by atoms with E-state index in [0.717, 1.165) is 12.8 Å². The van der Waals surface area contributed by atoms with E-state index in [0.29, 0.717) is 28.6 Å². The zero-order valence-corrected chi connectivity index (χ0v) is 11.1. The van der Waals surface area contributed by atoms with Crippen LogP contribution < -0.4 is 5.56 Å². The van der Waals surface area contributed by atoms with Crippen molar-refractivity contribution in [1.29, 1.82) is 0 Å². The first kappa shape index (κ1) is 12.8. The maximum atomic E-state index is 12.0. The minimum absolute atomic E-state index is 0.0770. The highest BCUT2D eigenvalue weighted by Gasteiger charge is 2.18. The van der Waals surface area contributed by atoms with Gasteiger partial charge in [-0.2, -0.15) is 0 Å². The van der Waals surface area contributed by atoms with Gasteiger partial charge in [-0.3, -0.25) is 19.5 Å². The summed E-state index contributed by atoms with van der Waals surface area (Å²) in [6.07, 6.45) is 1.62. The number of benzene rings is 1. The highest BCUT2D eigenvalue weighted by molar-refractivity contribution is 6.33. The van der Waals surface area contributed by atoms with Crippen LogP contribution in [0.15, 0.2) is 29.1 Å². The SMILES string of the molecule is O=c1cc(-c2cc([N+](=O)[O-])ccc2Cl)nc2n1CCC2. The Kier molecular flexibility index (Phi) is 3.02. The molecule has 0 atom stereocenters. The smallest absolute Gasteiger partial charge is 0.270 e. The van der Waals surface area contributed by atoms with Crippen LogP contribution in [0.25, 0.3) is 11.3 Å². The third-order valence-corrected chi connectivity index (χ3v) is 3.64. The summed E-state index contributed by atoms with van der Waals surface area (Å²) in [4.78, 5) is 26.7. The minimum atomic E-state index is -0.500. The Morgan fingerprint density at radius 2 is 2.15 bits per heavy atom. The molecule has 0 saturated heterocycles. The zero-order chi connectivity index (χ0) is 14.3. The lowest BCUT2D eigenvalue weighted by atomic mass is 10.1. The molecule has 102 valence electrons. The molecule has 0 unspecified atom stereocenters. The van der Waals surface area contributed by atoms with Crippen LogP contribution in [0.4, 0.5) is 5.69 Å². The van der Waals surface area contributed by atoms with E-state index in [1.807, 2.05) is 0 Å². The van der Waals surface area contributed by atoms with Crippen LogP contribution in [0, 0.1) is 10.1 Å². The molecule has 0 amide bonds. The van der Waals surface area contributed by atoms with E-state index in [-0.39, 0.29) is 11.2 Å². The Bertz CT molecular complexity index is 770. The molecule has 0 fully saturated rings. The van der Waals surface area contributed by atoms with Gasteiger partial charge in [-0.1, -0.05) is 11.6 Å². The second-order valence-electron chi connectivity index (χ2n) is 4.57. The molecule has 1 aliphatic rings. The molecule has 1 aromatic heterocycles. The lowest BCUT2D eigenvalue weighted by Gasteiger charge is -2.07. The van der Waals surface area contributed by atoms with Gasteiger partial charge in [0, 0.05) is 36.7 Å². The van der Waals surface area contributed by atoms with Crippen molar-refractivity contribution in [3.8, 4) is 11.3 Å². The summed E-state index contributed by atoms with van der Waals surface area (Å²) in [5.74, 6) is 0.704. The molecule has 0 saturated carbocycles. The number of non-ortho nitro benzene ring substituents is 1. The van der Waals surface area contributed by atoms with Gasteiger partial charge in [0.05, 0.1) is 15.6 Å².